The Balaban J connectivity index is 2.16. The highest BCUT2D eigenvalue weighted by molar-refractivity contribution is 5.68. The monoisotopic (exact) mass is 131 g/mol. The lowest BCUT2D eigenvalue weighted by Gasteiger charge is -2.29. The van der Waals surface area contributed by atoms with E-state index in [0.29, 0.717) is 0 Å². The van der Waals surface area contributed by atoms with E-state index in [1.807, 2.05) is 0 Å². The molecule has 0 saturated carbocycles. The third-order valence-electron chi connectivity index (χ3n) is 1.30. The van der Waals surface area contributed by atoms with Gasteiger partial charge in [-0.3, -0.25) is 0 Å². The smallest absolute Gasteiger partial charge is 0.411 e. The SMILES string of the molecule is O=C(OCO)N1CCC1. The highest BCUT2D eigenvalue weighted by Gasteiger charge is 2.20. The van der Waals surface area contributed by atoms with Crippen LogP contribution in [0.25, 0.3) is 0 Å². The van der Waals surface area contributed by atoms with Gasteiger partial charge in [-0.25, -0.2) is 4.79 Å². The number of rotatable bonds is 1. The van der Waals surface area contributed by atoms with E-state index in [-0.39, 0.29) is 0 Å². The van der Waals surface area contributed by atoms with E-state index in [0.717, 1.165) is 19.5 Å². The Morgan fingerprint density at radius 3 is 2.67 bits per heavy atom. The fourth-order valence-corrected chi connectivity index (χ4v) is 0.645. The van der Waals surface area contributed by atoms with Crippen LogP contribution in [0, 0.1) is 0 Å². The molecule has 1 rings (SSSR count). The molecule has 1 N–H and O–H groups in total. The van der Waals surface area contributed by atoms with Crippen LogP contribution in [0.4, 0.5) is 4.79 Å². The molecule has 9 heavy (non-hydrogen) atoms. The van der Waals surface area contributed by atoms with Crippen molar-refractivity contribution in [1.29, 1.82) is 0 Å². The molecular formula is C5H9NO3. The van der Waals surface area contributed by atoms with Gasteiger partial charge in [0.15, 0.2) is 6.79 Å². The highest BCUT2D eigenvalue weighted by Crippen LogP contribution is 2.06. The molecule has 0 spiro atoms. The second-order valence-electron chi connectivity index (χ2n) is 1.88. The van der Waals surface area contributed by atoms with Crippen molar-refractivity contribution in [3.8, 4) is 0 Å². The minimum atomic E-state index is -0.519. The predicted octanol–water partition coefficient (Wildman–Crippen LogP) is -0.222. The number of aliphatic hydroxyl groups excluding tert-OH is 1. The van der Waals surface area contributed by atoms with Crippen molar-refractivity contribution in [2.75, 3.05) is 19.9 Å². The van der Waals surface area contributed by atoms with E-state index in [1.54, 1.807) is 0 Å². The lowest BCUT2D eigenvalue weighted by Crippen LogP contribution is -2.42. The van der Waals surface area contributed by atoms with Crippen LogP contribution < -0.4 is 0 Å². The van der Waals surface area contributed by atoms with Gasteiger partial charge in [-0.05, 0) is 6.42 Å². The fourth-order valence-electron chi connectivity index (χ4n) is 0.645. The maximum Gasteiger partial charge on any atom is 0.411 e. The van der Waals surface area contributed by atoms with Gasteiger partial charge in [-0.2, -0.15) is 0 Å². The van der Waals surface area contributed by atoms with Gasteiger partial charge in [0, 0.05) is 13.1 Å². The van der Waals surface area contributed by atoms with Gasteiger partial charge < -0.3 is 14.7 Å². The minimum Gasteiger partial charge on any atom is -0.422 e. The third-order valence-corrected chi connectivity index (χ3v) is 1.30. The van der Waals surface area contributed by atoms with Crippen LogP contribution in [0.15, 0.2) is 0 Å². The fraction of sp³-hybridized carbons (Fsp3) is 0.800. The Hall–Kier alpha value is -0.770. The largest absolute Gasteiger partial charge is 0.422 e. The van der Waals surface area contributed by atoms with Gasteiger partial charge in [0.1, 0.15) is 0 Å². The Kier molecular flexibility index (Phi) is 1.89. The molecule has 0 unspecified atom stereocenters. The van der Waals surface area contributed by atoms with E-state index < -0.39 is 12.9 Å². The Bertz CT molecular complexity index is 111. The number of carbonyl (C=O) groups excluding carboxylic acids is 1. The second-order valence-corrected chi connectivity index (χ2v) is 1.88. The molecule has 1 fully saturated rings. The number of amides is 1. The second kappa shape index (κ2) is 2.68. The molecule has 52 valence electrons. The standard InChI is InChI=1S/C5H9NO3/c7-4-9-5(8)6-2-1-3-6/h7H,1-4H2. The lowest BCUT2D eigenvalue weighted by atomic mass is 10.2. The van der Waals surface area contributed by atoms with Gasteiger partial charge >= 0.3 is 6.09 Å². The van der Waals surface area contributed by atoms with Crippen LogP contribution in [-0.2, 0) is 4.74 Å². The summed E-state index contributed by atoms with van der Waals surface area (Å²) in [5.74, 6) is 0. The first-order valence-electron chi connectivity index (χ1n) is 2.87. The highest BCUT2D eigenvalue weighted by atomic mass is 16.6. The van der Waals surface area contributed by atoms with E-state index in [2.05, 4.69) is 4.74 Å². The number of hydrogen-bond donors (Lipinski definition) is 1. The first-order chi connectivity index (χ1) is 4.34. The number of nitrogens with zero attached hydrogens (tertiary/aromatic N) is 1. The molecule has 1 aliphatic rings. The quantitative estimate of drug-likeness (QED) is 0.500. The van der Waals surface area contributed by atoms with Crippen LogP contribution in [-0.4, -0.2) is 36.0 Å². The summed E-state index contributed by atoms with van der Waals surface area (Å²) in [4.78, 5) is 12.1. The number of likely N-dealkylation sites (tertiary alicyclic amines) is 1. The van der Waals surface area contributed by atoms with Gasteiger partial charge in [-0.1, -0.05) is 0 Å². The molecule has 0 aliphatic carbocycles. The molecule has 4 heteroatoms. The molecular weight excluding hydrogens is 122 g/mol. The average molecular weight is 131 g/mol. The van der Waals surface area contributed by atoms with Crippen molar-refractivity contribution < 1.29 is 14.6 Å². The van der Waals surface area contributed by atoms with Crippen LogP contribution in [0.5, 0.6) is 0 Å². The Labute approximate surface area is 53.0 Å². The van der Waals surface area contributed by atoms with Crippen molar-refractivity contribution in [3.63, 3.8) is 0 Å². The maximum atomic E-state index is 10.6. The van der Waals surface area contributed by atoms with E-state index in [4.69, 9.17) is 5.11 Å². The van der Waals surface area contributed by atoms with Gasteiger partial charge in [-0.15, -0.1) is 0 Å². The number of aliphatic hydroxyl groups is 1. The first kappa shape index (κ1) is 6.35. The molecule has 0 bridgehead atoms. The van der Waals surface area contributed by atoms with Crippen LogP contribution in [0.2, 0.25) is 0 Å². The van der Waals surface area contributed by atoms with Crippen LogP contribution in [0.1, 0.15) is 6.42 Å². The Morgan fingerprint density at radius 1 is 1.67 bits per heavy atom. The predicted molar refractivity (Wildman–Crippen MR) is 29.8 cm³/mol. The van der Waals surface area contributed by atoms with Gasteiger partial charge in [0.25, 0.3) is 0 Å². The molecule has 0 aromatic rings. The summed E-state index contributed by atoms with van der Waals surface area (Å²) in [6, 6.07) is 0. The first-order valence-corrected chi connectivity index (χ1v) is 2.87. The van der Waals surface area contributed by atoms with Gasteiger partial charge in [0.2, 0.25) is 0 Å². The average Bonchev–Trinajstić information content (AvgIpc) is 1.60. The summed E-state index contributed by atoms with van der Waals surface area (Å²) in [7, 11) is 0. The normalized spacial score (nSPS) is 16.8. The summed E-state index contributed by atoms with van der Waals surface area (Å²) < 4.78 is 4.29. The molecule has 0 atom stereocenters. The van der Waals surface area contributed by atoms with E-state index in [1.165, 1.54) is 4.90 Å². The molecule has 4 nitrogen and oxygen atoms in total. The van der Waals surface area contributed by atoms with Crippen molar-refractivity contribution in [1.82, 2.24) is 4.90 Å². The summed E-state index contributed by atoms with van der Waals surface area (Å²) in [6.07, 6.45) is 0.629. The molecule has 0 radical (unpaired) electrons. The summed E-state index contributed by atoms with van der Waals surface area (Å²) >= 11 is 0. The topological polar surface area (TPSA) is 49.8 Å². The lowest BCUT2D eigenvalue weighted by molar-refractivity contribution is 0.0121. The van der Waals surface area contributed by atoms with Crippen LogP contribution in [0.3, 0.4) is 0 Å². The third kappa shape index (κ3) is 1.32. The number of ether oxygens (including phenoxy) is 1. The summed E-state index contributed by atoms with van der Waals surface area (Å²) in [6.45, 7) is 1.01. The molecule has 1 saturated heterocycles. The maximum absolute atomic E-state index is 10.6. The molecule has 1 aliphatic heterocycles. The summed E-state index contributed by atoms with van der Waals surface area (Å²) in [5.41, 5.74) is 0. The summed E-state index contributed by atoms with van der Waals surface area (Å²) in [5, 5.41) is 8.14. The Morgan fingerprint density at radius 2 is 2.33 bits per heavy atom. The molecule has 0 aromatic carbocycles. The zero-order valence-corrected chi connectivity index (χ0v) is 5.04. The van der Waals surface area contributed by atoms with Crippen LogP contribution >= 0.6 is 0 Å². The van der Waals surface area contributed by atoms with Crippen molar-refractivity contribution >= 4 is 6.09 Å². The van der Waals surface area contributed by atoms with Crippen molar-refractivity contribution in [2.24, 2.45) is 0 Å². The zero-order chi connectivity index (χ0) is 6.69. The molecule has 0 aromatic heterocycles. The van der Waals surface area contributed by atoms with Crippen molar-refractivity contribution in [2.45, 2.75) is 6.42 Å². The van der Waals surface area contributed by atoms with Crippen molar-refractivity contribution in [3.05, 3.63) is 0 Å². The minimum absolute atomic E-state index is 0.413. The number of carbonyl (C=O) groups is 1. The van der Waals surface area contributed by atoms with Gasteiger partial charge in [0.05, 0.1) is 0 Å². The zero-order valence-electron chi connectivity index (χ0n) is 5.04. The number of hydrogen-bond acceptors (Lipinski definition) is 3. The van der Waals surface area contributed by atoms with E-state index in [9.17, 15) is 4.79 Å². The molecule has 1 heterocycles. The molecule has 1 amide bonds. The van der Waals surface area contributed by atoms with E-state index >= 15 is 0 Å².